The van der Waals surface area contributed by atoms with E-state index in [9.17, 15) is 4.39 Å². The van der Waals surface area contributed by atoms with E-state index in [0.29, 0.717) is 8.67 Å². The van der Waals surface area contributed by atoms with Gasteiger partial charge in [-0.15, -0.1) is 11.3 Å². The van der Waals surface area contributed by atoms with Gasteiger partial charge in [-0.2, -0.15) is 0 Å². The van der Waals surface area contributed by atoms with Gasteiger partial charge in [0.05, 0.1) is 13.5 Å². The van der Waals surface area contributed by atoms with Crippen molar-refractivity contribution in [2.75, 3.05) is 0 Å². The molecule has 1 unspecified atom stereocenters. The lowest BCUT2D eigenvalue weighted by Crippen LogP contribution is -1.95. The van der Waals surface area contributed by atoms with Gasteiger partial charge >= 0.3 is 0 Å². The fourth-order valence-corrected chi connectivity index (χ4v) is 4.31. The van der Waals surface area contributed by atoms with Crippen LogP contribution in [0.2, 0.25) is 8.67 Å². The van der Waals surface area contributed by atoms with Gasteiger partial charge in [0.1, 0.15) is 5.82 Å². The van der Waals surface area contributed by atoms with Crippen molar-refractivity contribution < 1.29 is 4.39 Å². The smallest absolute Gasteiger partial charge is 0.123 e. The lowest BCUT2D eigenvalue weighted by molar-refractivity contribution is 0.626. The second kappa shape index (κ2) is 5.27. The van der Waals surface area contributed by atoms with E-state index in [1.54, 1.807) is 6.07 Å². The second-order valence-corrected chi connectivity index (χ2v) is 6.84. The molecule has 1 heterocycles. The number of alkyl halides is 1. The molecule has 0 aliphatic carbocycles. The van der Waals surface area contributed by atoms with Crippen molar-refractivity contribution in [1.29, 1.82) is 0 Å². The van der Waals surface area contributed by atoms with Crippen molar-refractivity contribution in [1.82, 2.24) is 0 Å². The van der Waals surface area contributed by atoms with Crippen LogP contribution in [0.15, 0.2) is 24.3 Å². The molecule has 0 radical (unpaired) electrons. The number of hydrogen-bond donors (Lipinski definition) is 0. The van der Waals surface area contributed by atoms with Crippen molar-refractivity contribution in [3.63, 3.8) is 0 Å². The molecule has 5 heteroatoms. The van der Waals surface area contributed by atoms with Crippen LogP contribution < -0.4 is 0 Å². The van der Waals surface area contributed by atoms with Crippen molar-refractivity contribution >= 4 is 50.5 Å². The molecule has 0 N–H and O–H groups in total. The van der Waals surface area contributed by atoms with Crippen LogP contribution in [-0.4, -0.2) is 0 Å². The summed E-state index contributed by atoms with van der Waals surface area (Å²) >= 11 is 16.9. The molecule has 17 heavy (non-hydrogen) atoms. The monoisotopic (exact) mass is 352 g/mol. The highest BCUT2D eigenvalue weighted by Crippen LogP contribution is 2.42. The van der Waals surface area contributed by atoms with Crippen LogP contribution in [0.4, 0.5) is 4.39 Å². The Morgan fingerprint density at radius 3 is 2.47 bits per heavy atom. The van der Waals surface area contributed by atoms with Gasteiger partial charge < -0.3 is 0 Å². The van der Waals surface area contributed by atoms with E-state index >= 15 is 0 Å². The number of rotatable bonds is 2. The Kier molecular flexibility index (Phi) is 4.14. The van der Waals surface area contributed by atoms with E-state index in [1.165, 1.54) is 23.5 Å². The zero-order valence-corrected chi connectivity index (χ0v) is 12.7. The molecule has 0 nitrogen and oxygen atoms in total. The molecule has 0 aliphatic heterocycles. The van der Waals surface area contributed by atoms with Crippen molar-refractivity contribution in [2.24, 2.45) is 0 Å². The SMILES string of the molecule is Cc1cc(F)ccc1C(Br)c1cc(Cl)sc1Cl. The molecule has 2 rings (SSSR count). The van der Waals surface area contributed by atoms with Gasteiger partial charge in [-0.3, -0.25) is 0 Å². The quantitative estimate of drug-likeness (QED) is 0.582. The molecule has 0 bridgehead atoms. The predicted octanol–water partition coefficient (Wildman–Crippen LogP) is 5.99. The lowest BCUT2D eigenvalue weighted by Gasteiger charge is -2.12. The number of hydrogen-bond acceptors (Lipinski definition) is 1. The van der Waals surface area contributed by atoms with Crippen LogP contribution in [-0.2, 0) is 0 Å². The van der Waals surface area contributed by atoms with E-state index in [4.69, 9.17) is 23.2 Å². The van der Waals surface area contributed by atoms with Gasteiger partial charge in [0.25, 0.3) is 0 Å². The van der Waals surface area contributed by atoms with Gasteiger partial charge in [0.2, 0.25) is 0 Å². The average Bonchev–Trinajstić information content (AvgIpc) is 2.57. The average molecular weight is 354 g/mol. The Morgan fingerprint density at radius 1 is 1.24 bits per heavy atom. The predicted molar refractivity (Wildman–Crippen MR) is 76.2 cm³/mol. The van der Waals surface area contributed by atoms with Crippen LogP contribution in [0.3, 0.4) is 0 Å². The van der Waals surface area contributed by atoms with Crippen LogP contribution >= 0.6 is 50.5 Å². The first kappa shape index (κ1) is 13.3. The highest BCUT2D eigenvalue weighted by atomic mass is 79.9. The number of aryl methyl sites for hydroxylation is 1. The Labute approximate surface area is 121 Å². The summed E-state index contributed by atoms with van der Waals surface area (Å²) in [6.07, 6.45) is 0. The maximum Gasteiger partial charge on any atom is 0.123 e. The molecular weight excluding hydrogens is 346 g/mol. The number of halogens is 4. The van der Waals surface area contributed by atoms with Gasteiger partial charge in [-0.1, -0.05) is 45.2 Å². The maximum absolute atomic E-state index is 13.0. The first-order valence-electron chi connectivity index (χ1n) is 4.84. The summed E-state index contributed by atoms with van der Waals surface area (Å²) in [5.41, 5.74) is 2.78. The zero-order valence-electron chi connectivity index (χ0n) is 8.81. The Hall–Kier alpha value is -0.0900. The van der Waals surface area contributed by atoms with Crippen LogP contribution in [0.5, 0.6) is 0 Å². The minimum Gasteiger partial charge on any atom is -0.207 e. The molecule has 0 amide bonds. The van der Waals surface area contributed by atoms with Crippen LogP contribution in [0, 0.1) is 12.7 Å². The van der Waals surface area contributed by atoms with Crippen molar-refractivity contribution in [2.45, 2.75) is 11.8 Å². The fraction of sp³-hybridized carbons (Fsp3) is 0.167. The molecule has 0 aliphatic rings. The topological polar surface area (TPSA) is 0 Å². The molecule has 90 valence electrons. The first-order chi connectivity index (χ1) is 7.99. The highest BCUT2D eigenvalue weighted by molar-refractivity contribution is 9.09. The Morgan fingerprint density at radius 2 is 1.94 bits per heavy atom. The number of thiophene rings is 1. The molecule has 0 saturated heterocycles. The van der Waals surface area contributed by atoms with E-state index in [0.717, 1.165) is 16.7 Å². The summed E-state index contributed by atoms with van der Waals surface area (Å²) < 4.78 is 14.3. The summed E-state index contributed by atoms with van der Waals surface area (Å²) in [4.78, 5) is -0.0700. The van der Waals surface area contributed by atoms with E-state index in [-0.39, 0.29) is 10.6 Å². The van der Waals surface area contributed by atoms with Crippen LogP contribution in [0.1, 0.15) is 21.5 Å². The van der Waals surface area contributed by atoms with Crippen LogP contribution in [0.25, 0.3) is 0 Å². The Balaban J connectivity index is 2.43. The third-order valence-electron chi connectivity index (χ3n) is 2.46. The second-order valence-electron chi connectivity index (χ2n) is 3.64. The van der Waals surface area contributed by atoms with E-state index < -0.39 is 0 Å². The van der Waals surface area contributed by atoms with E-state index in [1.807, 2.05) is 13.0 Å². The minimum atomic E-state index is -0.236. The summed E-state index contributed by atoms with van der Waals surface area (Å²) in [6, 6.07) is 6.53. The maximum atomic E-state index is 13.0. The molecule has 2 aromatic rings. The summed E-state index contributed by atoms with van der Waals surface area (Å²) in [6.45, 7) is 1.87. The number of benzene rings is 1. The summed E-state index contributed by atoms with van der Waals surface area (Å²) in [7, 11) is 0. The third kappa shape index (κ3) is 2.84. The normalized spacial score (nSPS) is 12.8. The van der Waals surface area contributed by atoms with Crippen molar-refractivity contribution in [3.05, 3.63) is 55.4 Å². The minimum absolute atomic E-state index is 0.0700. The third-order valence-corrected chi connectivity index (χ3v) is 4.97. The van der Waals surface area contributed by atoms with Gasteiger partial charge in [0.15, 0.2) is 0 Å². The fourth-order valence-electron chi connectivity index (χ4n) is 1.62. The summed E-state index contributed by atoms with van der Waals surface area (Å²) in [5.74, 6) is -0.236. The molecule has 1 aromatic carbocycles. The summed E-state index contributed by atoms with van der Waals surface area (Å²) in [5, 5.41) is 0. The highest BCUT2D eigenvalue weighted by Gasteiger charge is 2.18. The standard InChI is InChI=1S/C12H8BrCl2FS/c1-6-4-7(16)2-3-8(6)11(13)9-5-10(14)17-12(9)15/h2-5,11H,1H3. The molecule has 0 saturated carbocycles. The first-order valence-corrected chi connectivity index (χ1v) is 7.32. The van der Waals surface area contributed by atoms with Crippen molar-refractivity contribution in [3.8, 4) is 0 Å². The van der Waals surface area contributed by atoms with Gasteiger partial charge in [-0.25, -0.2) is 4.39 Å². The van der Waals surface area contributed by atoms with Gasteiger partial charge in [-0.05, 0) is 36.2 Å². The molecule has 0 spiro atoms. The van der Waals surface area contributed by atoms with E-state index in [2.05, 4.69) is 15.9 Å². The van der Waals surface area contributed by atoms with Gasteiger partial charge in [0, 0.05) is 5.56 Å². The molecular formula is C12H8BrCl2FS. The molecule has 1 atom stereocenters. The lowest BCUT2D eigenvalue weighted by atomic mass is 10.0. The molecule has 0 fully saturated rings. The molecule has 1 aromatic heterocycles. The largest absolute Gasteiger partial charge is 0.207 e. The zero-order chi connectivity index (χ0) is 12.6. The Bertz CT molecular complexity index is 553.